The molecule has 14 heavy (non-hydrogen) atoms. The third-order valence-electron chi connectivity index (χ3n) is 2.34. The lowest BCUT2D eigenvalue weighted by Crippen LogP contribution is -2.35. The Balaban J connectivity index is 2.33. The van der Waals surface area contributed by atoms with Crippen molar-refractivity contribution in [3.63, 3.8) is 0 Å². The van der Waals surface area contributed by atoms with Gasteiger partial charge >= 0.3 is 0 Å². The van der Waals surface area contributed by atoms with E-state index in [2.05, 4.69) is 24.1 Å². The normalized spacial score (nSPS) is 15.4. The van der Waals surface area contributed by atoms with Crippen molar-refractivity contribution in [3.8, 4) is 0 Å². The number of hydrogen-bond donors (Lipinski definition) is 1. The Morgan fingerprint density at radius 3 is 2.79 bits per heavy atom. The van der Waals surface area contributed by atoms with E-state index in [1.165, 1.54) is 4.88 Å². The molecule has 4 heteroatoms. The highest BCUT2D eigenvalue weighted by molar-refractivity contribution is 7.11. The highest BCUT2D eigenvalue weighted by Crippen LogP contribution is 2.11. The van der Waals surface area contributed by atoms with Gasteiger partial charge in [0.25, 0.3) is 0 Å². The lowest BCUT2D eigenvalue weighted by atomic mass is 10.2. The zero-order chi connectivity index (χ0) is 10.6. The summed E-state index contributed by atoms with van der Waals surface area (Å²) in [6, 6.07) is 0.363. The Morgan fingerprint density at radius 1 is 1.57 bits per heavy atom. The topological polar surface area (TPSA) is 34.1 Å². The van der Waals surface area contributed by atoms with Crippen molar-refractivity contribution in [2.45, 2.75) is 39.5 Å². The number of aromatic nitrogens is 1. The molecule has 0 amide bonds. The summed E-state index contributed by atoms with van der Waals surface area (Å²) in [7, 11) is 1.74. The SMILES string of the molecule is COC(C)C(C)NCc1cnc(C)s1. The van der Waals surface area contributed by atoms with E-state index in [0.29, 0.717) is 6.04 Å². The molecule has 1 aromatic rings. The molecule has 1 heterocycles. The Kier molecular flexibility index (Phi) is 4.51. The van der Waals surface area contributed by atoms with Crippen LogP contribution in [0.3, 0.4) is 0 Å². The van der Waals surface area contributed by atoms with E-state index in [9.17, 15) is 0 Å². The van der Waals surface area contributed by atoms with Crippen molar-refractivity contribution in [1.29, 1.82) is 0 Å². The maximum absolute atomic E-state index is 5.23. The van der Waals surface area contributed by atoms with Gasteiger partial charge in [-0.15, -0.1) is 11.3 Å². The molecule has 2 atom stereocenters. The molecule has 0 saturated carbocycles. The summed E-state index contributed by atoms with van der Waals surface area (Å²) in [6.07, 6.45) is 2.17. The van der Waals surface area contributed by atoms with E-state index >= 15 is 0 Å². The minimum atomic E-state index is 0.240. The number of rotatable bonds is 5. The third-order valence-corrected chi connectivity index (χ3v) is 3.26. The summed E-state index contributed by atoms with van der Waals surface area (Å²) in [6.45, 7) is 7.09. The van der Waals surface area contributed by atoms with Gasteiger partial charge in [-0.2, -0.15) is 0 Å². The lowest BCUT2D eigenvalue weighted by molar-refractivity contribution is 0.0883. The van der Waals surface area contributed by atoms with Crippen LogP contribution in [-0.2, 0) is 11.3 Å². The van der Waals surface area contributed by atoms with Gasteiger partial charge in [-0.05, 0) is 20.8 Å². The van der Waals surface area contributed by atoms with Crippen molar-refractivity contribution in [3.05, 3.63) is 16.1 Å². The first kappa shape index (κ1) is 11.6. The molecule has 0 bridgehead atoms. The highest BCUT2D eigenvalue weighted by Gasteiger charge is 2.10. The molecule has 0 aliphatic carbocycles. The Morgan fingerprint density at radius 2 is 2.29 bits per heavy atom. The molecule has 3 nitrogen and oxygen atoms in total. The molecule has 0 aliphatic rings. The molecule has 1 aromatic heterocycles. The van der Waals surface area contributed by atoms with Crippen LogP contribution in [0.5, 0.6) is 0 Å². The summed E-state index contributed by atoms with van der Waals surface area (Å²) in [5, 5.41) is 4.53. The Bertz CT molecular complexity index is 275. The van der Waals surface area contributed by atoms with Crippen molar-refractivity contribution < 1.29 is 4.74 Å². The molecule has 1 rings (SSSR count). The highest BCUT2D eigenvalue weighted by atomic mass is 32.1. The number of hydrogen-bond acceptors (Lipinski definition) is 4. The summed E-state index contributed by atoms with van der Waals surface area (Å²) >= 11 is 1.73. The van der Waals surface area contributed by atoms with Crippen LogP contribution in [0, 0.1) is 6.92 Å². The van der Waals surface area contributed by atoms with Crippen LogP contribution in [0.4, 0.5) is 0 Å². The fourth-order valence-corrected chi connectivity index (χ4v) is 1.86. The third kappa shape index (κ3) is 3.36. The van der Waals surface area contributed by atoms with Crippen LogP contribution in [0.15, 0.2) is 6.20 Å². The summed E-state index contributed by atoms with van der Waals surface area (Å²) in [5.74, 6) is 0. The fourth-order valence-electron chi connectivity index (χ4n) is 1.12. The standard InChI is InChI=1S/C10H18N2OS/c1-7(8(2)13-4)11-5-10-6-12-9(3)14-10/h6-8,11H,5H2,1-4H3. The zero-order valence-corrected chi connectivity index (χ0v) is 10.0. The Labute approximate surface area is 89.5 Å². The van der Waals surface area contributed by atoms with Crippen LogP contribution in [-0.4, -0.2) is 24.2 Å². The van der Waals surface area contributed by atoms with Gasteiger partial charge in [0.2, 0.25) is 0 Å². The predicted octanol–water partition coefficient (Wildman–Crippen LogP) is 1.96. The molecule has 0 spiro atoms. The van der Waals surface area contributed by atoms with Gasteiger partial charge < -0.3 is 10.1 Å². The molecule has 80 valence electrons. The second kappa shape index (κ2) is 5.44. The van der Waals surface area contributed by atoms with Gasteiger partial charge in [-0.25, -0.2) is 4.98 Å². The van der Waals surface area contributed by atoms with Gasteiger partial charge in [0.1, 0.15) is 0 Å². The minimum absolute atomic E-state index is 0.240. The predicted molar refractivity (Wildman–Crippen MR) is 59.6 cm³/mol. The van der Waals surface area contributed by atoms with Crippen molar-refractivity contribution in [2.24, 2.45) is 0 Å². The first-order valence-corrected chi connectivity index (χ1v) is 5.62. The summed E-state index contributed by atoms with van der Waals surface area (Å²) in [5.41, 5.74) is 0. The second-order valence-electron chi connectivity index (χ2n) is 3.46. The van der Waals surface area contributed by atoms with Crippen LogP contribution in [0.25, 0.3) is 0 Å². The number of methoxy groups -OCH3 is 1. The monoisotopic (exact) mass is 214 g/mol. The number of nitrogens with one attached hydrogen (secondary N) is 1. The van der Waals surface area contributed by atoms with E-state index in [1.807, 2.05) is 13.1 Å². The average molecular weight is 214 g/mol. The van der Waals surface area contributed by atoms with Crippen LogP contribution in [0.2, 0.25) is 0 Å². The van der Waals surface area contributed by atoms with E-state index in [1.54, 1.807) is 18.4 Å². The smallest absolute Gasteiger partial charge is 0.0897 e. The number of thiazole rings is 1. The summed E-state index contributed by atoms with van der Waals surface area (Å²) in [4.78, 5) is 5.48. The van der Waals surface area contributed by atoms with E-state index in [-0.39, 0.29) is 6.10 Å². The van der Waals surface area contributed by atoms with E-state index in [0.717, 1.165) is 11.6 Å². The average Bonchev–Trinajstić information content (AvgIpc) is 2.59. The van der Waals surface area contributed by atoms with Gasteiger partial charge in [-0.1, -0.05) is 0 Å². The van der Waals surface area contributed by atoms with E-state index < -0.39 is 0 Å². The molecular weight excluding hydrogens is 196 g/mol. The molecule has 0 saturated heterocycles. The number of nitrogens with zero attached hydrogens (tertiary/aromatic N) is 1. The first-order chi connectivity index (χ1) is 6.63. The maximum Gasteiger partial charge on any atom is 0.0897 e. The van der Waals surface area contributed by atoms with Gasteiger partial charge in [0.15, 0.2) is 0 Å². The molecular formula is C10H18N2OS. The molecule has 0 aliphatic heterocycles. The van der Waals surface area contributed by atoms with Crippen molar-refractivity contribution in [2.75, 3.05) is 7.11 Å². The second-order valence-corrected chi connectivity index (χ2v) is 4.78. The van der Waals surface area contributed by atoms with Crippen LogP contribution < -0.4 is 5.32 Å². The first-order valence-electron chi connectivity index (χ1n) is 4.81. The van der Waals surface area contributed by atoms with Crippen LogP contribution >= 0.6 is 11.3 Å². The molecule has 2 unspecified atom stereocenters. The van der Waals surface area contributed by atoms with Gasteiger partial charge in [0.05, 0.1) is 11.1 Å². The lowest BCUT2D eigenvalue weighted by Gasteiger charge is -2.19. The fraction of sp³-hybridized carbons (Fsp3) is 0.700. The zero-order valence-electron chi connectivity index (χ0n) is 9.20. The quantitative estimate of drug-likeness (QED) is 0.813. The van der Waals surface area contributed by atoms with Gasteiger partial charge in [0, 0.05) is 30.8 Å². The molecule has 0 radical (unpaired) electrons. The van der Waals surface area contributed by atoms with Gasteiger partial charge in [-0.3, -0.25) is 0 Å². The maximum atomic E-state index is 5.23. The number of aryl methyl sites for hydroxylation is 1. The number of ether oxygens (including phenoxy) is 1. The van der Waals surface area contributed by atoms with Crippen LogP contribution in [0.1, 0.15) is 23.7 Å². The van der Waals surface area contributed by atoms with E-state index in [4.69, 9.17) is 4.74 Å². The summed E-state index contributed by atoms with van der Waals surface area (Å²) < 4.78 is 5.23. The van der Waals surface area contributed by atoms with Crippen molar-refractivity contribution in [1.82, 2.24) is 10.3 Å². The molecule has 1 N–H and O–H groups in total. The minimum Gasteiger partial charge on any atom is -0.380 e. The van der Waals surface area contributed by atoms with Crippen molar-refractivity contribution >= 4 is 11.3 Å². The largest absolute Gasteiger partial charge is 0.380 e. The Hall–Kier alpha value is -0.450. The molecule has 0 fully saturated rings. The molecule has 0 aromatic carbocycles.